The third-order valence-electron chi connectivity index (χ3n) is 2.82. The fourth-order valence-electron chi connectivity index (χ4n) is 2.21. The molecule has 0 aromatic carbocycles. The molecule has 1 aliphatic heterocycles. The first-order valence-electron chi connectivity index (χ1n) is 4.49. The Kier molecular flexibility index (Phi) is 2.65. The Morgan fingerprint density at radius 2 is 1.83 bits per heavy atom. The number of hydrogen-bond acceptors (Lipinski definition) is 2. The van der Waals surface area contributed by atoms with Crippen LogP contribution in [0.15, 0.2) is 0 Å². The van der Waals surface area contributed by atoms with Crippen LogP contribution in [0.25, 0.3) is 0 Å². The average molecular weight is 206 g/mol. The molecular formula is C8H14O2S2. The zero-order chi connectivity index (χ0) is 8.55. The predicted octanol–water partition coefficient (Wildman–Crippen LogP) is 1.01. The highest BCUT2D eigenvalue weighted by molar-refractivity contribution is 8.02. The highest BCUT2D eigenvalue weighted by atomic mass is 32.2. The number of hydrogen-bond donors (Lipinski definition) is 0. The quantitative estimate of drug-likeness (QED) is 0.593. The van der Waals surface area contributed by atoms with Gasteiger partial charge in [-0.15, -0.1) is 0 Å². The SMILES string of the molecule is O=S1C[C@@H]2CCCC[C@H]2S(=O)C1. The van der Waals surface area contributed by atoms with Gasteiger partial charge < -0.3 is 0 Å². The smallest absolute Gasteiger partial charge is 0.0994 e. The minimum absolute atomic E-state index is 0.386. The standard InChI is InChI=1S/C8H14O2S2/c9-11-5-7-3-1-2-4-8(7)12(10)6-11/h7-8H,1-6H2/t7-,8+,11?,12?/m0/s1. The van der Waals surface area contributed by atoms with Gasteiger partial charge in [0.1, 0.15) is 0 Å². The van der Waals surface area contributed by atoms with Crippen LogP contribution in [0, 0.1) is 5.92 Å². The zero-order valence-corrected chi connectivity index (χ0v) is 8.66. The maximum absolute atomic E-state index is 11.6. The maximum atomic E-state index is 11.6. The van der Waals surface area contributed by atoms with Crippen molar-refractivity contribution in [2.45, 2.75) is 30.9 Å². The molecule has 1 saturated heterocycles. The van der Waals surface area contributed by atoms with Gasteiger partial charge in [-0.25, -0.2) is 0 Å². The Morgan fingerprint density at radius 1 is 1.08 bits per heavy atom. The summed E-state index contributed by atoms with van der Waals surface area (Å²) < 4.78 is 22.8. The van der Waals surface area contributed by atoms with E-state index < -0.39 is 21.6 Å². The second-order valence-corrected chi connectivity index (χ2v) is 7.21. The van der Waals surface area contributed by atoms with Gasteiger partial charge in [0, 0.05) is 32.6 Å². The molecule has 1 aliphatic carbocycles. The molecule has 12 heavy (non-hydrogen) atoms. The van der Waals surface area contributed by atoms with E-state index in [0.717, 1.165) is 18.6 Å². The first-order chi connectivity index (χ1) is 5.77. The number of fused-ring (bicyclic) bond motifs is 1. The summed E-state index contributed by atoms with van der Waals surface area (Å²) in [6, 6.07) is 0. The fourth-order valence-corrected chi connectivity index (χ4v) is 6.42. The van der Waals surface area contributed by atoms with Crippen LogP contribution >= 0.6 is 0 Å². The van der Waals surface area contributed by atoms with Crippen molar-refractivity contribution >= 4 is 21.6 Å². The van der Waals surface area contributed by atoms with Gasteiger partial charge in [-0.1, -0.05) is 12.8 Å². The second kappa shape index (κ2) is 3.58. The highest BCUT2D eigenvalue weighted by Gasteiger charge is 2.35. The van der Waals surface area contributed by atoms with Crippen molar-refractivity contribution in [3.63, 3.8) is 0 Å². The van der Waals surface area contributed by atoms with Crippen molar-refractivity contribution in [2.24, 2.45) is 5.92 Å². The van der Waals surface area contributed by atoms with E-state index in [0.29, 0.717) is 16.3 Å². The van der Waals surface area contributed by atoms with Crippen molar-refractivity contribution in [1.82, 2.24) is 0 Å². The summed E-state index contributed by atoms with van der Waals surface area (Å²) in [6.07, 6.45) is 4.73. The Morgan fingerprint density at radius 3 is 2.67 bits per heavy atom. The van der Waals surface area contributed by atoms with Crippen molar-refractivity contribution in [3.8, 4) is 0 Å². The summed E-state index contributed by atoms with van der Waals surface area (Å²) in [6.45, 7) is 0. The molecule has 0 aromatic rings. The van der Waals surface area contributed by atoms with Crippen LogP contribution < -0.4 is 0 Å². The molecule has 2 unspecified atom stereocenters. The van der Waals surface area contributed by atoms with Crippen LogP contribution in [-0.2, 0) is 21.6 Å². The lowest BCUT2D eigenvalue weighted by atomic mass is 9.90. The Bertz CT molecular complexity index is 227. The van der Waals surface area contributed by atoms with E-state index in [1.165, 1.54) is 12.8 Å². The molecule has 2 nitrogen and oxygen atoms in total. The van der Waals surface area contributed by atoms with Gasteiger partial charge in [-0.3, -0.25) is 8.42 Å². The van der Waals surface area contributed by atoms with E-state index in [-0.39, 0.29) is 0 Å². The van der Waals surface area contributed by atoms with Gasteiger partial charge in [0.25, 0.3) is 0 Å². The van der Waals surface area contributed by atoms with Gasteiger partial charge in [0.2, 0.25) is 0 Å². The summed E-state index contributed by atoms with van der Waals surface area (Å²) in [5.74, 6) is 1.32. The summed E-state index contributed by atoms with van der Waals surface area (Å²) in [7, 11) is -1.58. The average Bonchev–Trinajstić information content (AvgIpc) is 2.04. The first kappa shape index (κ1) is 8.88. The van der Waals surface area contributed by atoms with Crippen molar-refractivity contribution < 1.29 is 8.42 Å². The van der Waals surface area contributed by atoms with Crippen molar-refractivity contribution in [2.75, 3.05) is 10.8 Å². The summed E-state index contributed by atoms with van der Waals surface area (Å²) in [5.41, 5.74) is 0. The predicted molar refractivity (Wildman–Crippen MR) is 51.8 cm³/mol. The van der Waals surface area contributed by atoms with E-state index in [1.54, 1.807) is 0 Å². The molecule has 0 spiro atoms. The van der Waals surface area contributed by atoms with Crippen molar-refractivity contribution in [1.29, 1.82) is 0 Å². The lowest BCUT2D eigenvalue weighted by Gasteiger charge is -2.33. The Balaban J connectivity index is 2.11. The molecule has 70 valence electrons. The van der Waals surface area contributed by atoms with E-state index >= 15 is 0 Å². The third-order valence-corrected chi connectivity index (χ3v) is 6.90. The fraction of sp³-hybridized carbons (Fsp3) is 1.00. The molecule has 4 atom stereocenters. The molecule has 4 heteroatoms. The highest BCUT2D eigenvalue weighted by Crippen LogP contribution is 2.32. The van der Waals surface area contributed by atoms with Gasteiger partial charge in [0.15, 0.2) is 0 Å². The molecule has 0 N–H and O–H groups in total. The largest absolute Gasteiger partial charge is 0.259 e. The molecule has 1 saturated carbocycles. The lowest BCUT2D eigenvalue weighted by molar-refractivity contribution is 0.392. The van der Waals surface area contributed by atoms with Gasteiger partial charge in [-0.05, 0) is 18.8 Å². The monoisotopic (exact) mass is 206 g/mol. The molecule has 0 radical (unpaired) electrons. The first-order valence-corrected chi connectivity index (χ1v) is 7.36. The molecule has 2 aliphatic rings. The van der Waals surface area contributed by atoms with Gasteiger partial charge >= 0.3 is 0 Å². The van der Waals surface area contributed by atoms with Gasteiger partial charge in [0.05, 0.1) is 5.08 Å². The topological polar surface area (TPSA) is 34.1 Å². The zero-order valence-electron chi connectivity index (χ0n) is 7.03. The Hall–Kier alpha value is 0.300. The molecule has 0 amide bonds. The molecule has 2 rings (SSSR count). The molecule has 1 heterocycles. The van der Waals surface area contributed by atoms with E-state index in [4.69, 9.17) is 0 Å². The summed E-state index contributed by atoms with van der Waals surface area (Å²) in [4.78, 5) is 0. The third kappa shape index (κ3) is 1.64. The molecule has 2 fully saturated rings. The molecule has 0 bridgehead atoms. The van der Waals surface area contributed by atoms with Crippen molar-refractivity contribution in [3.05, 3.63) is 0 Å². The minimum Gasteiger partial charge on any atom is -0.259 e. The second-order valence-electron chi connectivity index (χ2n) is 3.69. The van der Waals surface area contributed by atoms with Gasteiger partial charge in [-0.2, -0.15) is 0 Å². The summed E-state index contributed by atoms with van der Waals surface area (Å²) in [5, 5.41) is 0.831. The number of rotatable bonds is 0. The lowest BCUT2D eigenvalue weighted by Crippen LogP contribution is -2.39. The van der Waals surface area contributed by atoms with Crippen LogP contribution in [0.2, 0.25) is 0 Å². The molecule has 0 aromatic heterocycles. The van der Waals surface area contributed by atoms with Crippen LogP contribution in [0.1, 0.15) is 25.7 Å². The Labute approximate surface area is 78.0 Å². The van der Waals surface area contributed by atoms with E-state index in [1.807, 2.05) is 0 Å². The van der Waals surface area contributed by atoms with E-state index in [9.17, 15) is 8.42 Å². The molecular weight excluding hydrogens is 192 g/mol. The normalized spacial score (nSPS) is 48.3. The van der Waals surface area contributed by atoms with Crippen LogP contribution in [0.3, 0.4) is 0 Å². The van der Waals surface area contributed by atoms with Crippen LogP contribution in [-0.4, -0.2) is 24.5 Å². The van der Waals surface area contributed by atoms with E-state index in [2.05, 4.69) is 0 Å². The maximum Gasteiger partial charge on any atom is 0.0994 e. The summed E-state index contributed by atoms with van der Waals surface area (Å²) >= 11 is 0. The minimum atomic E-state index is -0.789. The van der Waals surface area contributed by atoms with Crippen LogP contribution in [0.5, 0.6) is 0 Å². The van der Waals surface area contributed by atoms with Crippen LogP contribution in [0.4, 0.5) is 0 Å².